The number of amides is 2. The van der Waals surface area contributed by atoms with Crippen molar-refractivity contribution >= 4 is 11.8 Å². The molecule has 0 aromatic carbocycles. The van der Waals surface area contributed by atoms with Crippen LogP contribution in [0.25, 0.3) is 0 Å². The second-order valence-electron chi connectivity index (χ2n) is 7.16. The third-order valence-electron chi connectivity index (χ3n) is 5.18. The predicted octanol–water partition coefficient (Wildman–Crippen LogP) is 1.20. The topological polar surface area (TPSA) is 75.0 Å². The predicted molar refractivity (Wildman–Crippen MR) is 97.1 cm³/mol. The summed E-state index contributed by atoms with van der Waals surface area (Å²) in [4.78, 5) is 29.3. The fourth-order valence-corrected chi connectivity index (χ4v) is 3.70. The van der Waals surface area contributed by atoms with Gasteiger partial charge in [0.25, 0.3) is 5.91 Å². The maximum Gasteiger partial charge on any atom is 0.257 e. The van der Waals surface area contributed by atoms with Gasteiger partial charge in [0, 0.05) is 39.3 Å². The van der Waals surface area contributed by atoms with Gasteiger partial charge in [-0.05, 0) is 32.8 Å². The Kier molecular flexibility index (Phi) is 6.32. The fraction of sp³-hybridized carbons (Fsp3) is 0.684. The van der Waals surface area contributed by atoms with Crippen LogP contribution in [0, 0.1) is 19.8 Å². The second-order valence-corrected chi connectivity index (χ2v) is 7.16. The molecular weight excluding hydrogens is 334 g/mol. The zero-order valence-electron chi connectivity index (χ0n) is 15.8. The quantitative estimate of drug-likeness (QED) is 0.851. The molecule has 0 saturated carbocycles. The number of ether oxygens (including phenoxy) is 1. The van der Waals surface area contributed by atoms with E-state index < -0.39 is 0 Å². The monoisotopic (exact) mass is 363 g/mol. The van der Waals surface area contributed by atoms with E-state index in [2.05, 4.69) is 10.2 Å². The van der Waals surface area contributed by atoms with E-state index in [0.717, 1.165) is 51.4 Å². The molecule has 2 amide bonds. The molecule has 0 spiro atoms. The lowest BCUT2D eigenvalue weighted by Gasteiger charge is -2.32. The van der Waals surface area contributed by atoms with Crippen LogP contribution in [0.3, 0.4) is 0 Å². The summed E-state index contributed by atoms with van der Waals surface area (Å²) >= 11 is 0. The summed E-state index contributed by atoms with van der Waals surface area (Å²) < 4.78 is 10.8. The molecule has 2 fully saturated rings. The number of hydrogen-bond donors (Lipinski definition) is 1. The molecule has 0 bridgehead atoms. The smallest absolute Gasteiger partial charge is 0.257 e. The molecule has 1 atom stereocenters. The van der Waals surface area contributed by atoms with Crippen molar-refractivity contribution in [3.05, 3.63) is 23.2 Å². The van der Waals surface area contributed by atoms with Crippen LogP contribution < -0.4 is 5.32 Å². The maximum atomic E-state index is 12.7. The van der Waals surface area contributed by atoms with Gasteiger partial charge in [-0.3, -0.25) is 14.5 Å². The molecule has 2 saturated heterocycles. The maximum absolute atomic E-state index is 12.7. The molecule has 0 radical (unpaired) electrons. The molecule has 3 rings (SSSR count). The van der Waals surface area contributed by atoms with Gasteiger partial charge < -0.3 is 19.4 Å². The second kappa shape index (κ2) is 8.68. The van der Waals surface area contributed by atoms with Crippen LogP contribution in [0.2, 0.25) is 0 Å². The summed E-state index contributed by atoms with van der Waals surface area (Å²) in [7, 11) is 0. The van der Waals surface area contributed by atoms with Crippen molar-refractivity contribution in [2.45, 2.75) is 26.7 Å². The van der Waals surface area contributed by atoms with Crippen LogP contribution in [-0.2, 0) is 9.53 Å². The van der Waals surface area contributed by atoms with Crippen molar-refractivity contribution in [1.82, 2.24) is 15.1 Å². The van der Waals surface area contributed by atoms with Gasteiger partial charge in [-0.1, -0.05) is 0 Å². The molecule has 1 aromatic rings. The number of nitrogens with one attached hydrogen (secondary N) is 1. The van der Waals surface area contributed by atoms with E-state index in [-0.39, 0.29) is 17.7 Å². The number of morpholine rings is 1. The van der Waals surface area contributed by atoms with Crippen molar-refractivity contribution in [3.63, 3.8) is 0 Å². The molecule has 0 aliphatic carbocycles. The SMILES string of the molecule is Cc1cc(C(=O)N2CCC[C@@H](C(=O)NCCN3CCOCC3)C2)c(C)o1. The van der Waals surface area contributed by atoms with Gasteiger partial charge in [0.05, 0.1) is 24.7 Å². The van der Waals surface area contributed by atoms with Crippen LogP contribution in [0.4, 0.5) is 0 Å². The van der Waals surface area contributed by atoms with E-state index in [0.29, 0.717) is 31.0 Å². The number of piperidine rings is 1. The van der Waals surface area contributed by atoms with Crippen LogP contribution in [0.1, 0.15) is 34.7 Å². The number of carbonyl (C=O) groups is 2. The van der Waals surface area contributed by atoms with Crippen LogP contribution in [0.15, 0.2) is 10.5 Å². The zero-order chi connectivity index (χ0) is 18.5. The van der Waals surface area contributed by atoms with Crippen LogP contribution >= 0.6 is 0 Å². The number of aryl methyl sites for hydroxylation is 2. The lowest BCUT2D eigenvalue weighted by atomic mass is 9.96. The van der Waals surface area contributed by atoms with E-state index in [4.69, 9.17) is 9.15 Å². The number of furan rings is 1. The Morgan fingerprint density at radius 3 is 2.69 bits per heavy atom. The minimum atomic E-state index is -0.134. The standard InChI is InChI=1S/C19H29N3O4/c1-14-12-17(15(2)26-14)19(24)22-6-3-4-16(13-22)18(23)20-5-7-21-8-10-25-11-9-21/h12,16H,3-11,13H2,1-2H3,(H,20,23)/t16-/m1/s1. The first kappa shape index (κ1) is 18.9. The van der Waals surface area contributed by atoms with Gasteiger partial charge in [-0.2, -0.15) is 0 Å². The third kappa shape index (κ3) is 4.65. The molecule has 144 valence electrons. The van der Waals surface area contributed by atoms with Crippen molar-refractivity contribution in [2.75, 3.05) is 52.5 Å². The third-order valence-corrected chi connectivity index (χ3v) is 5.18. The van der Waals surface area contributed by atoms with Crippen LogP contribution in [-0.4, -0.2) is 74.1 Å². The molecule has 2 aliphatic heterocycles. The summed E-state index contributed by atoms with van der Waals surface area (Å²) in [5.74, 6) is 1.26. The molecule has 3 heterocycles. The molecule has 0 unspecified atom stereocenters. The molecule has 2 aliphatic rings. The number of rotatable bonds is 5. The normalized spacial score (nSPS) is 21.6. The first-order valence-corrected chi connectivity index (χ1v) is 9.48. The van der Waals surface area contributed by atoms with Gasteiger partial charge in [-0.25, -0.2) is 0 Å². The Labute approximate surface area is 154 Å². The number of hydrogen-bond acceptors (Lipinski definition) is 5. The van der Waals surface area contributed by atoms with Crippen LogP contribution in [0.5, 0.6) is 0 Å². The lowest BCUT2D eigenvalue weighted by Crippen LogP contribution is -2.47. The van der Waals surface area contributed by atoms with Gasteiger partial charge in [0.1, 0.15) is 11.5 Å². The number of nitrogens with zero attached hydrogens (tertiary/aromatic N) is 2. The Morgan fingerprint density at radius 1 is 1.23 bits per heavy atom. The average Bonchev–Trinajstić information content (AvgIpc) is 3.00. The van der Waals surface area contributed by atoms with Crippen molar-refractivity contribution in [1.29, 1.82) is 0 Å². The minimum absolute atomic E-state index is 0.0369. The summed E-state index contributed by atoms with van der Waals surface area (Å²) in [6.07, 6.45) is 1.68. The summed E-state index contributed by atoms with van der Waals surface area (Å²) in [6, 6.07) is 1.78. The zero-order valence-corrected chi connectivity index (χ0v) is 15.8. The highest BCUT2D eigenvalue weighted by molar-refractivity contribution is 5.95. The minimum Gasteiger partial charge on any atom is -0.466 e. The summed E-state index contributed by atoms with van der Waals surface area (Å²) in [5.41, 5.74) is 0.607. The highest BCUT2D eigenvalue weighted by atomic mass is 16.5. The highest BCUT2D eigenvalue weighted by Crippen LogP contribution is 2.21. The first-order chi connectivity index (χ1) is 12.5. The Morgan fingerprint density at radius 2 is 2.00 bits per heavy atom. The largest absolute Gasteiger partial charge is 0.466 e. The number of likely N-dealkylation sites (tertiary alicyclic amines) is 1. The Hall–Kier alpha value is -1.86. The molecule has 7 heteroatoms. The average molecular weight is 363 g/mol. The lowest BCUT2D eigenvalue weighted by molar-refractivity contribution is -0.126. The highest BCUT2D eigenvalue weighted by Gasteiger charge is 2.30. The molecule has 7 nitrogen and oxygen atoms in total. The van der Waals surface area contributed by atoms with Gasteiger partial charge >= 0.3 is 0 Å². The van der Waals surface area contributed by atoms with Crippen molar-refractivity contribution in [2.24, 2.45) is 5.92 Å². The van der Waals surface area contributed by atoms with E-state index in [1.165, 1.54) is 0 Å². The van der Waals surface area contributed by atoms with Crippen molar-refractivity contribution in [3.8, 4) is 0 Å². The van der Waals surface area contributed by atoms with Crippen molar-refractivity contribution < 1.29 is 18.7 Å². The molecule has 1 N–H and O–H groups in total. The Bertz CT molecular complexity index is 637. The molecule has 1 aromatic heterocycles. The van der Waals surface area contributed by atoms with E-state index in [1.807, 2.05) is 6.92 Å². The van der Waals surface area contributed by atoms with Gasteiger partial charge in [0.15, 0.2) is 0 Å². The Balaban J connectivity index is 1.48. The molecule has 26 heavy (non-hydrogen) atoms. The summed E-state index contributed by atoms with van der Waals surface area (Å²) in [5, 5.41) is 3.04. The van der Waals surface area contributed by atoms with E-state index in [9.17, 15) is 9.59 Å². The fourth-order valence-electron chi connectivity index (χ4n) is 3.70. The molecular formula is C19H29N3O4. The van der Waals surface area contributed by atoms with E-state index in [1.54, 1.807) is 17.9 Å². The summed E-state index contributed by atoms with van der Waals surface area (Å²) in [6.45, 7) is 9.68. The first-order valence-electron chi connectivity index (χ1n) is 9.48. The van der Waals surface area contributed by atoms with Gasteiger partial charge in [0.2, 0.25) is 5.91 Å². The number of carbonyl (C=O) groups excluding carboxylic acids is 2. The van der Waals surface area contributed by atoms with Gasteiger partial charge in [-0.15, -0.1) is 0 Å². The van der Waals surface area contributed by atoms with E-state index >= 15 is 0 Å².